The normalized spacial score (nSPS) is 25.6. The fourth-order valence-corrected chi connectivity index (χ4v) is 3.18. The molecule has 0 radical (unpaired) electrons. The molecule has 2 fully saturated rings. The second kappa shape index (κ2) is 7.25. The van der Waals surface area contributed by atoms with Crippen molar-refractivity contribution in [3.05, 3.63) is 11.7 Å². The molecule has 5 heteroatoms. The van der Waals surface area contributed by atoms with Crippen LogP contribution in [0.25, 0.3) is 0 Å². The van der Waals surface area contributed by atoms with Crippen LogP contribution in [0.1, 0.15) is 74.9 Å². The van der Waals surface area contributed by atoms with Crippen molar-refractivity contribution in [2.45, 2.75) is 63.2 Å². The molecule has 1 aromatic rings. The second-order valence-corrected chi connectivity index (χ2v) is 5.72. The van der Waals surface area contributed by atoms with Crippen LogP contribution in [-0.2, 0) is 0 Å². The molecule has 2 heterocycles. The van der Waals surface area contributed by atoms with Crippen molar-refractivity contribution in [3.63, 3.8) is 0 Å². The van der Waals surface area contributed by atoms with E-state index < -0.39 is 0 Å². The molecule has 0 aromatic carbocycles. The maximum Gasteiger partial charge on any atom is 0.231 e. The minimum absolute atomic E-state index is 0. The van der Waals surface area contributed by atoms with Crippen LogP contribution < -0.4 is 5.32 Å². The van der Waals surface area contributed by atoms with Crippen LogP contribution in [0.2, 0.25) is 0 Å². The monoisotopic (exact) mass is 285 g/mol. The van der Waals surface area contributed by atoms with Crippen molar-refractivity contribution < 1.29 is 4.52 Å². The third-order valence-corrected chi connectivity index (χ3v) is 4.32. The predicted molar refractivity (Wildman–Crippen MR) is 76.8 cm³/mol. The average molecular weight is 286 g/mol. The summed E-state index contributed by atoms with van der Waals surface area (Å²) in [6.07, 6.45) is 10.2. The summed E-state index contributed by atoms with van der Waals surface area (Å²) in [6.45, 7) is 2.12. The van der Waals surface area contributed by atoms with Crippen molar-refractivity contribution >= 4 is 12.4 Å². The highest BCUT2D eigenvalue weighted by Gasteiger charge is 2.24. The first-order valence-corrected chi connectivity index (χ1v) is 7.47. The van der Waals surface area contributed by atoms with E-state index in [4.69, 9.17) is 4.52 Å². The molecule has 19 heavy (non-hydrogen) atoms. The summed E-state index contributed by atoms with van der Waals surface area (Å²) in [5, 5.41) is 7.65. The van der Waals surface area contributed by atoms with Gasteiger partial charge in [0.2, 0.25) is 5.89 Å². The topological polar surface area (TPSA) is 51.0 Å². The molecule has 108 valence electrons. The van der Waals surface area contributed by atoms with Gasteiger partial charge in [0.25, 0.3) is 0 Å². The lowest BCUT2D eigenvalue weighted by Crippen LogP contribution is -2.28. The molecule has 1 saturated heterocycles. The van der Waals surface area contributed by atoms with Gasteiger partial charge >= 0.3 is 0 Å². The van der Waals surface area contributed by atoms with Gasteiger partial charge in [0, 0.05) is 12.5 Å². The van der Waals surface area contributed by atoms with Crippen molar-refractivity contribution in [1.82, 2.24) is 15.5 Å². The average Bonchev–Trinajstić information content (AvgIpc) is 2.76. The van der Waals surface area contributed by atoms with Gasteiger partial charge in [-0.05, 0) is 32.2 Å². The van der Waals surface area contributed by atoms with Gasteiger partial charge in [-0.25, -0.2) is 0 Å². The van der Waals surface area contributed by atoms with E-state index in [0.29, 0.717) is 11.8 Å². The third-order valence-electron chi connectivity index (χ3n) is 4.32. The molecule has 0 spiro atoms. The molecule has 1 atom stereocenters. The van der Waals surface area contributed by atoms with E-state index in [1.54, 1.807) is 0 Å². The lowest BCUT2D eigenvalue weighted by molar-refractivity contribution is 0.318. The Morgan fingerprint density at radius 3 is 2.37 bits per heavy atom. The molecular weight excluding hydrogens is 262 g/mol. The lowest BCUT2D eigenvalue weighted by atomic mass is 9.98. The molecule has 1 saturated carbocycles. The highest BCUT2D eigenvalue weighted by atomic mass is 35.5. The Bertz CT molecular complexity index is 369. The number of piperidine rings is 1. The second-order valence-electron chi connectivity index (χ2n) is 5.72. The summed E-state index contributed by atoms with van der Waals surface area (Å²) in [5.74, 6) is 2.81. The summed E-state index contributed by atoms with van der Waals surface area (Å²) >= 11 is 0. The molecular formula is C14H24ClN3O. The zero-order valence-electron chi connectivity index (χ0n) is 11.4. The summed E-state index contributed by atoms with van der Waals surface area (Å²) in [6, 6.07) is 0. The predicted octanol–water partition coefficient (Wildman–Crippen LogP) is 3.40. The molecule has 1 aliphatic heterocycles. The summed E-state index contributed by atoms with van der Waals surface area (Å²) in [5.41, 5.74) is 0. The third kappa shape index (κ3) is 3.69. The molecule has 0 amide bonds. The Morgan fingerprint density at radius 2 is 1.68 bits per heavy atom. The Balaban J connectivity index is 0.00000133. The van der Waals surface area contributed by atoms with Crippen LogP contribution in [-0.4, -0.2) is 23.2 Å². The van der Waals surface area contributed by atoms with Crippen LogP contribution >= 0.6 is 12.4 Å². The number of hydrogen-bond donors (Lipinski definition) is 1. The molecule has 2 aliphatic rings. The van der Waals surface area contributed by atoms with E-state index in [1.807, 2.05) is 0 Å². The fourth-order valence-electron chi connectivity index (χ4n) is 3.18. The van der Waals surface area contributed by atoms with Gasteiger partial charge in [-0.15, -0.1) is 12.4 Å². The van der Waals surface area contributed by atoms with Gasteiger partial charge in [0.05, 0.1) is 5.92 Å². The van der Waals surface area contributed by atoms with E-state index in [-0.39, 0.29) is 12.4 Å². The maximum absolute atomic E-state index is 5.50. The van der Waals surface area contributed by atoms with Crippen LogP contribution in [0.3, 0.4) is 0 Å². The van der Waals surface area contributed by atoms with Crippen molar-refractivity contribution in [2.75, 3.05) is 13.1 Å². The fraction of sp³-hybridized carbons (Fsp3) is 0.857. The van der Waals surface area contributed by atoms with Gasteiger partial charge in [-0.1, -0.05) is 30.8 Å². The standard InChI is InChI=1S/C14H23N3O.ClH/c1-2-4-7-11(6-3-1)13-16-14(18-17-13)12-8-5-9-15-10-12;/h11-12,15H,1-10H2;1H. The zero-order valence-corrected chi connectivity index (χ0v) is 12.3. The SMILES string of the molecule is C1CCCC(c2noc(C3CCCNC3)n2)CC1.Cl. The van der Waals surface area contributed by atoms with E-state index in [9.17, 15) is 0 Å². The molecule has 1 aliphatic carbocycles. The van der Waals surface area contributed by atoms with Crippen LogP contribution in [0.4, 0.5) is 0 Å². The van der Waals surface area contributed by atoms with E-state index in [0.717, 1.165) is 24.8 Å². The molecule has 3 rings (SSSR count). The van der Waals surface area contributed by atoms with Crippen molar-refractivity contribution in [1.29, 1.82) is 0 Å². The molecule has 1 aromatic heterocycles. The van der Waals surface area contributed by atoms with E-state index in [1.165, 1.54) is 51.4 Å². The minimum Gasteiger partial charge on any atom is -0.339 e. The Kier molecular flexibility index (Phi) is 5.64. The van der Waals surface area contributed by atoms with Crippen LogP contribution in [0.15, 0.2) is 4.52 Å². The maximum atomic E-state index is 5.50. The minimum atomic E-state index is 0. The van der Waals surface area contributed by atoms with Crippen molar-refractivity contribution in [2.24, 2.45) is 0 Å². The Labute approximate surface area is 121 Å². The quantitative estimate of drug-likeness (QED) is 0.846. The smallest absolute Gasteiger partial charge is 0.231 e. The summed E-state index contributed by atoms with van der Waals surface area (Å²) in [7, 11) is 0. The molecule has 4 nitrogen and oxygen atoms in total. The first-order valence-electron chi connectivity index (χ1n) is 7.47. The first-order chi connectivity index (χ1) is 8.93. The number of nitrogens with zero attached hydrogens (tertiary/aromatic N) is 2. The highest BCUT2D eigenvalue weighted by molar-refractivity contribution is 5.85. The van der Waals surface area contributed by atoms with Crippen LogP contribution in [0.5, 0.6) is 0 Å². The summed E-state index contributed by atoms with van der Waals surface area (Å²) < 4.78 is 5.50. The lowest BCUT2D eigenvalue weighted by Gasteiger charge is -2.18. The molecule has 0 bridgehead atoms. The van der Waals surface area contributed by atoms with E-state index in [2.05, 4.69) is 15.5 Å². The molecule has 1 N–H and O–H groups in total. The largest absolute Gasteiger partial charge is 0.339 e. The number of aromatic nitrogens is 2. The van der Waals surface area contributed by atoms with Gasteiger partial charge < -0.3 is 9.84 Å². The molecule has 1 unspecified atom stereocenters. The number of nitrogens with one attached hydrogen (secondary N) is 1. The summed E-state index contributed by atoms with van der Waals surface area (Å²) in [4.78, 5) is 4.68. The van der Waals surface area contributed by atoms with Gasteiger partial charge in [0.1, 0.15) is 0 Å². The van der Waals surface area contributed by atoms with E-state index >= 15 is 0 Å². The van der Waals surface area contributed by atoms with Gasteiger partial charge in [-0.2, -0.15) is 4.98 Å². The van der Waals surface area contributed by atoms with Gasteiger partial charge in [-0.3, -0.25) is 0 Å². The first kappa shape index (κ1) is 14.8. The Morgan fingerprint density at radius 1 is 0.947 bits per heavy atom. The number of halogens is 1. The Hall–Kier alpha value is -0.610. The number of hydrogen-bond acceptors (Lipinski definition) is 4. The highest BCUT2D eigenvalue weighted by Crippen LogP contribution is 2.31. The zero-order chi connectivity index (χ0) is 12.2. The van der Waals surface area contributed by atoms with Crippen molar-refractivity contribution in [3.8, 4) is 0 Å². The van der Waals surface area contributed by atoms with Gasteiger partial charge in [0.15, 0.2) is 5.82 Å². The number of rotatable bonds is 2. The van der Waals surface area contributed by atoms with Crippen LogP contribution in [0, 0.1) is 0 Å².